The Morgan fingerprint density at radius 1 is 0.524 bits per heavy atom. The minimum absolute atomic E-state index is 0.791. The summed E-state index contributed by atoms with van der Waals surface area (Å²) in [7, 11) is 0. The van der Waals surface area contributed by atoms with Crippen LogP contribution in [-0.2, 0) is 9.22 Å². The molecule has 3 nitrogen and oxygen atoms in total. The fourth-order valence-corrected chi connectivity index (χ4v) is 10.5. The normalized spacial score (nSPS) is 12.0. The molecule has 0 aliphatic carbocycles. The quantitative estimate of drug-likeness (QED) is 0.247. The van der Waals surface area contributed by atoms with Gasteiger partial charge in [-0.05, 0) is 0 Å². The van der Waals surface area contributed by atoms with Crippen molar-refractivity contribution in [2.75, 3.05) is 19.8 Å². The van der Waals surface area contributed by atoms with E-state index in [4.69, 9.17) is 9.22 Å². The van der Waals surface area contributed by atoms with Crippen molar-refractivity contribution < 1.29 is 9.22 Å². The van der Waals surface area contributed by atoms with Gasteiger partial charge >= 0.3 is 139 Å². The molecule has 0 fully saturated rings. The van der Waals surface area contributed by atoms with Gasteiger partial charge in [0.15, 0.2) is 0 Å². The standard InChI is InChI=1S/C8H17.3C3H7O.Sn/c1-3-5-7-8-6-4-2;3*1-2-3-4;/h1,3-8H2,2H3;3*2-3H2,1H3;/q;3*-1;+3. The molecule has 0 saturated carbocycles. The van der Waals surface area contributed by atoms with Crippen LogP contribution in [0.25, 0.3) is 0 Å². The van der Waals surface area contributed by atoms with Crippen LogP contribution in [0.4, 0.5) is 0 Å². The van der Waals surface area contributed by atoms with Crippen molar-refractivity contribution in [3.63, 3.8) is 0 Å². The second-order valence-electron chi connectivity index (χ2n) is 5.75. The Bertz CT molecular complexity index is 190. The summed E-state index contributed by atoms with van der Waals surface area (Å²) in [6, 6.07) is 0. The van der Waals surface area contributed by atoms with Crippen LogP contribution in [-0.4, -0.2) is 39.4 Å². The molecule has 21 heavy (non-hydrogen) atoms. The summed E-state index contributed by atoms with van der Waals surface area (Å²) in [6.07, 6.45) is 11.0. The van der Waals surface area contributed by atoms with Gasteiger partial charge in [-0.3, -0.25) is 0 Å². The second-order valence-corrected chi connectivity index (χ2v) is 13.5. The zero-order valence-corrected chi connectivity index (χ0v) is 17.8. The maximum absolute atomic E-state index is 6.18. The molecule has 0 radical (unpaired) electrons. The third kappa shape index (κ3) is 11.8. The van der Waals surface area contributed by atoms with Crippen LogP contribution in [0.2, 0.25) is 4.44 Å². The van der Waals surface area contributed by atoms with Gasteiger partial charge in [-0.15, -0.1) is 0 Å². The van der Waals surface area contributed by atoms with Crippen LogP contribution in [0.5, 0.6) is 0 Å². The van der Waals surface area contributed by atoms with Gasteiger partial charge in [0.05, 0.1) is 0 Å². The molecule has 0 N–H and O–H groups in total. The number of rotatable bonds is 16. The average Bonchev–Trinajstić information content (AvgIpc) is 2.51. The van der Waals surface area contributed by atoms with Crippen molar-refractivity contribution >= 4 is 19.6 Å². The van der Waals surface area contributed by atoms with Crippen LogP contribution >= 0.6 is 0 Å². The number of unbranched alkanes of at least 4 members (excludes halogenated alkanes) is 5. The van der Waals surface area contributed by atoms with Gasteiger partial charge in [0.25, 0.3) is 0 Å². The van der Waals surface area contributed by atoms with E-state index in [-0.39, 0.29) is 0 Å². The predicted molar refractivity (Wildman–Crippen MR) is 92.7 cm³/mol. The summed E-state index contributed by atoms with van der Waals surface area (Å²) < 4.78 is 19.6. The predicted octanol–water partition coefficient (Wildman–Crippen LogP) is 5.57. The van der Waals surface area contributed by atoms with E-state index < -0.39 is 19.6 Å². The molecule has 0 aromatic rings. The molecular weight excluding hydrogens is 371 g/mol. The van der Waals surface area contributed by atoms with Gasteiger partial charge in [-0.1, -0.05) is 0 Å². The Labute approximate surface area is 138 Å². The fraction of sp³-hybridized carbons (Fsp3) is 1.00. The van der Waals surface area contributed by atoms with Gasteiger partial charge in [-0.25, -0.2) is 0 Å². The van der Waals surface area contributed by atoms with Crippen molar-refractivity contribution in [3.05, 3.63) is 0 Å². The van der Waals surface area contributed by atoms with Crippen LogP contribution in [0.3, 0.4) is 0 Å². The first-order chi connectivity index (χ1) is 10.2. The molecule has 128 valence electrons. The van der Waals surface area contributed by atoms with Crippen molar-refractivity contribution in [1.29, 1.82) is 0 Å². The van der Waals surface area contributed by atoms with Gasteiger partial charge in [-0.2, -0.15) is 0 Å². The summed E-state index contributed by atoms with van der Waals surface area (Å²) in [5.41, 5.74) is 0. The molecule has 4 heteroatoms. The first-order valence-corrected chi connectivity index (χ1v) is 14.7. The van der Waals surface area contributed by atoms with E-state index in [9.17, 15) is 0 Å². The Kier molecular flexibility index (Phi) is 16.1. The Balaban J connectivity index is 4.28. The summed E-state index contributed by atoms with van der Waals surface area (Å²) in [5.74, 6) is 0. The van der Waals surface area contributed by atoms with Crippen molar-refractivity contribution in [2.45, 2.75) is 89.9 Å². The van der Waals surface area contributed by atoms with E-state index in [2.05, 4.69) is 27.7 Å². The number of hydrogen-bond donors (Lipinski definition) is 0. The molecule has 0 spiro atoms. The summed E-state index contributed by atoms with van der Waals surface area (Å²) in [6.45, 7) is 11.1. The van der Waals surface area contributed by atoms with Gasteiger partial charge < -0.3 is 0 Å². The second kappa shape index (κ2) is 15.6. The zero-order chi connectivity index (χ0) is 15.8. The molecule has 0 amide bonds. The first-order valence-electron chi connectivity index (χ1n) is 9.16. The molecule has 0 aromatic heterocycles. The Morgan fingerprint density at radius 2 is 0.952 bits per heavy atom. The van der Waals surface area contributed by atoms with Crippen LogP contribution in [0.15, 0.2) is 0 Å². The molecule has 0 bridgehead atoms. The molecular formula is C17H38O3Sn. The summed E-state index contributed by atoms with van der Waals surface area (Å²) in [4.78, 5) is 0. The third-order valence-electron chi connectivity index (χ3n) is 3.41. The molecule has 0 aromatic carbocycles. The van der Waals surface area contributed by atoms with E-state index >= 15 is 0 Å². The Morgan fingerprint density at radius 3 is 1.38 bits per heavy atom. The van der Waals surface area contributed by atoms with E-state index in [0.717, 1.165) is 43.5 Å². The zero-order valence-electron chi connectivity index (χ0n) is 14.9. The monoisotopic (exact) mass is 410 g/mol. The van der Waals surface area contributed by atoms with Crippen molar-refractivity contribution in [1.82, 2.24) is 0 Å². The van der Waals surface area contributed by atoms with Gasteiger partial charge in [0.2, 0.25) is 0 Å². The number of hydrogen-bond acceptors (Lipinski definition) is 3. The van der Waals surface area contributed by atoms with E-state index in [1.165, 1.54) is 38.5 Å². The van der Waals surface area contributed by atoms with Crippen LogP contribution < -0.4 is 0 Å². The van der Waals surface area contributed by atoms with Gasteiger partial charge in [0, 0.05) is 0 Å². The minimum atomic E-state index is -3.26. The maximum atomic E-state index is 6.18. The van der Waals surface area contributed by atoms with E-state index in [1.807, 2.05) is 0 Å². The SMILES string of the molecule is CCCCCCC[CH2][Sn]([O]CCC)([O]CCC)[O]CCC. The fourth-order valence-electron chi connectivity index (χ4n) is 2.24. The summed E-state index contributed by atoms with van der Waals surface area (Å²) in [5, 5.41) is 0. The van der Waals surface area contributed by atoms with Crippen LogP contribution in [0.1, 0.15) is 85.5 Å². The van der Waals surface area contributed by atoms with Crippen molar-refractivity contribution in [2.24, 2.45) is 0 Å². The molecule has 0 atom stereocenters. The van der Waals surface area contributed by atoms with E-state index in [0.29, 0.717) is 0 Å². The topological polar surface area (TPSA) is 27.7 Å². The van der Waals surface area contributed by atoms with Crippen molar-refractivity contribution in [3.8, 4) is 0 Å². The molecule has 0 unspecified atom stereocenters. The average molecular weight is 409 g/mol. The summed E-state index contributed by atoms with van der Waals surface area (Å²) >= 11 is -3.26. The van der Waals surface area contributed by atoms with Gasteiger partial charge in [0.1, 0.15) is 0 Å². The van der Waals surface area contributed by atoms with E-state index in [1.54, 1.807) is 0 Å². The molecule has 0 saturated heterocycles. The Hall–Kier alpha value is 0.679. The molecule has 0 rings (SSSR count). The molecule has 0 aliphatic rings. The third-order valence-corrected chi connectivity index (χ3v) is 11.7. The van der Waals surface area contributed by atoms with Crippen LogP contribution in [0, 0.1) is 0 Å². The molecule has 0 aliphatic heterocycles. The first kappa shape index (κ1) is 21.7. The molecule has 0 heterocycles.